The molecule has 0 aliphatic carbocycles. The van der Waals surface area contributed by atoms with Crippen molar-refractivity contribution < 1.29 is 4.79 Å². The molecule has 0 radical (unpaired) electrons. The summed E-state index contributed by atoms with van der Waals surface area (Å²) in [5.41, 5.74) is 7.83. The number of carbonyl (C=O) groups excluding carboxylic acids is 1. The molecule has 0 atom stereocenters. The molecule has 0 saturated carbocycles. The van der Waals surface area contributed by atoms with Crippen LogP contribution >= 0.6 is 0 Å². The lowest BCUT2D eigenvalue weighted by molar-refractivity contribution is -0.123. The zero-order valence-corrected chi connectivity index (χ0v) is 11.9. The van der Waals surface area contributed by atoms with Gasteiger partial charge in [-0.1, -0.05) is 0 Å². The Morgan fingerprint density at radius 1 is 1.35 bits per heavy atom. The minimum Gasteiger partial charge on any atom is -0.398 e. The average Bonchev–Trinajstić information content (AvgIpc) is 2.75. The summed E-state index contributed by atoms with van der Waals surface area (Å²) in [6.45, 7) is 6.03. The largest absolute Gasteiger partial charge is 0.398 e. The molecule has 1 amide bonds. The van der Waals surface area contributed by atoms with Gasteiger partial charge < -0.3 is 15.6 Å². The van der Waals surface area contributed by atoms with Gasteiger partial charge in [0, 0.05) is 29.2 Å². The number of aromatic nitrogens is 3. The third-order valence-corrected chi connectivity index (χ3v) is 2.67. The van der Waals surface area contributed by atoms with Crippen molar-refractivity contribution in [1.82, 2.24) is 19.9 Å². The van der Waals surface area contributed by atoms with Crippen molar-refractivity contribution in [1.29, 1.82) is 0 Å². The maximum absolute atomic E-state index is 12.0. The first-order valence-electron chi connectivity index (χ1n) is 6.38. The zero-order chi connectivity index (χ0) is 14.8. The van der Waals surface area contributed by atoms with Gasteiger partial charge in [0.1, 0.15) is 6.54 Å². The predicted octanol–water partition coefficient (Wildman–Crippen LogP) is 1.44. The summed E-state index contributed by atoms with van der Waals surface area (Å²) < 4.78 is 1.76. The van der Waals surface area contributed by atoms with Gasteiger partial charge >= 0.3 is 0 Å². The summed E-state index contributed by atoms with van der Waals surface area (Å²) in [6, 6.07) is 1.72. The Bertz CT molecular complexity index is 612. The molecule has 2 aromatic rings. The van der Waals surface area contributed by atoms with Crippen molar-refractivity contribution in [2.24, 2.45) is 0 Å². The Kier molecular flexibility index (Phi) is 3.74. The van der Waals surface area contributed by atoms with Crippen LogP contribution in [0.15, 0.2) is 31.0 Å². The molecule has 6 nitrogen and oxygen atoms in total. The predicted molar refractivity (Wildman–Crippen MR) is 77.8 cm³/mol. The van der Waals surface area contributed by atoms with E-state index in [4.69, 9.17) is 5.73 Å². The highest BCUT2D eigenvalue weighted by Gasteiger charge is 2.16. The number of nitrogens with zero attached hydrogens (tertiary/aromatic N) is 3. The van der Waals surface area contributed by atoms with Crippen LogP contribution in [0.2, 0.25) is 0 Å². The average molecular weight is 273 g/mol. The number of imidazole rings is 1. The van der Waals surface area contributed by atoms with Gasteiger partial charge in [0.2, 0.25) is 5.91 Å². The van der Waals surface area contributed by atoms with Crippen molar-refractivity contribution in [3.8, 4) is 11.3 Å². The van der Waals surface area contributed by atoms with E-state index in [0.717, 1.165) is 11.3 Å². The quantitative estimate of drug-likeness (QED) is 0.886. The molecule has 0 aliphatic heterocycles. The van der Waals surface area contributed by atoms with Gasteiger partial charge in [0.15, 0.2) is 0 Å². The molecule has 0 spiro atoms. The fraction of sp³-hybridized carbons (Fsp3) is 0.357. The van der Waals surface area contributed by atoms with Crippen LogP contribution in [0.5, 0.6) is 0 Å². The van der Waals surface area contributed by atoms with Gasteiger partial charge in [-0.15, -0.1) is 0 Å². The number of nitrogen functional groups attached to an aromatic ring is 1. The number of nitrogens with one attached hydrogen (secondary N) is 1. The fourth-order valence-electron chi connectivity index (χ4n) is 1.90. The first kappa shape index (κ1) is 14.0. The monoisotopic (exact) mass is 273 g/mol. The van der Waals surface area contributed by atoms with E-state index in [1.54, 1.807) is 35.6 Å². The molecule has 0 unspecified atom stereocenters. The van der Waals surface area contributed by atoms with E-state index in [1.165, 1.54) is 0 Å². The van der Waals surface area contributed by atoms with Crippen molar-refractivity contribution in [3.05, 3.63) is 31.0 Å². The highest BCUT2D eigenvalue weighted by molar-refractivity contribution is 5.78. The molecule has 0 fully saturated rings. The van der Waals surface area contributed by atoms with Crippen molar-refractivity contribution in [3.63, 3.8) is 0 Å². The first-order chi connectivity index (χ1) is 9.37. The fourth-order valence-corrected chi connectivity index (χ4v) is 1.90. The van der Waals surface area contributed by atoms with E-state index in [9.17, 15) is 4.79 Å². The number of pyridine rings is 1. The smallest absolute Gasteiger partial charge is 0.240 e. The normalized spacial score (nSPS) is 11.3. The molecular formula is C14H19N5O. The maximum atomic E-state index is 12.0. The second-order valence-corrected chi connectivity index (χ2v) is 5.67. The Morgan fingerprint density at radius 2 is 2.10 bits per heavy atom. The first-order valence-corrected chi connectivity index (χ1v) is 6.38. The molecule has 3 N–H and O–H groups in total. The van der Waals surface area contributed by atoms with Gasteiger partial charge in [-0.25, -0.2) is 4.98 Å². The lowest BCUT2D eigenvalue weighted by Crippen LogP contribution is -2.42. The molecule has 0 bridgehead atoms. The molecular weight excluding hydrogens is 254 g/mol. The summed E-state index contributed by atoms with van der Waals surface area (Å²) in [5.74, 6) is -0.0702. The second kappa shape index (κ2) is 5.32. The van der Waals surface area contributed by atoms with Crippen LogP contribution in [-0.2, 0) is 11.3 Å². The summed E-state index contributed by atoms with van der Waals surface area (Å²) in [5, 5.41) is 2.92. The van der Waals surface area contributed by atoms with Gasteiger partial charge in [-0.3, -0.25) is 9.78 Å². The Morgan fingerprint density at radius 3 is 2.75 bits per heavy atom. The zero-order valence-electron chi connectivity index (χ0n) is 11.9. The summed E-state index contributed by atoms with van der Waals surface area (Å²) in [7, 11) is 0. The van der Waals surface area contributed by atoms with Crippen molar-refractivity contribution in [2.75, 3.05) is 5.73 Å². The Balaban J connectivity index is 2.22. The minimum absolute atomic E-state index is 0.0702. The van der Waals surface area contributed by atoms with Gasteiger partial charge in [-0.05, 0) is 26.8 Å². The number of anilines is 1. The van der Waals surface area contributed by atoms with E-state index in [-0.39, 0.29) is 18.0 Å². The van der Waals surface area contributed by atoms with Crippen LogP contribution in [-0.4, -0.2) is 26.0 Å². The topological polar surface area (TPSA) is 85.8 Å². The molecule has 20 heavy (non-hydrogen) atoms. The number of nitrogens with two attached hydrogens (primary N) is 1. The van der Waals surface area contributed by atoms with Crippen LogP contribution in [0.25, 0.3) is 11.3 Å². The van der Waals surface area contributed by atoms with Crippen LogP contribution < -0.4 is 11.1 Å². The highest BCUT2D eigenvalue weighted by atomic mass is 16.2. The van der Waals surface area contributed by atoms with Gasteiger partial charge in [-0.2, -0.15) is 0 Å². The molecule has 0 aliphatic rings. The number of rotatable bonds is 3. The molecule has 2 rings (SSSR count). The Labute approximate surface area is 118 Å². The summed E-state index contributed by atoms with van der Waals surface area (Å²) in [6.07, 6.45) is 6.60. The van der Waals surface area contributed by atoms with E-state index in [0.29, 0.717) is 5.69 Å². The lowest BCUT2D eigenvalue weighted by atomic mass is 10.1. The van der Waals surface area contributed by atoms with Gasteiger partial charge in [0.05, 0.1) is 18.2 Å². The standard InChI is InChI=1S/C14H19N5O/c1-14(2,3)18-13(20)8-19-9-17-7-12(19)10-6-16-5-4-11(10)15/h4-7,9H,8H2,1-3H3,(H2,15,16)(H,18,20). The third kappa shape index (κ3) is 3.34. The SMILES string of the molecule is CC(C)(C)NC(=O)Cn1cncc1-c1cnccc1N. The minimum atomic E-state index is -0.259. The highest BCUT2D eigenvalue weighted by Crippen LogP contribution is 2.23. The number of carbonyl (C=O) groups is 1. The summed E-state index contributed by atoms with van der Waals surface area (Å²) in [4.78, 5) is 20.1. The number of hydrogen-bond acceptors (Lipinski definition) is 4. The van der Waals surface area contributed by atoms with Crippen molar-refractivity contribution >= 4 is 11.6 Å². The third-order valence-electron chi connectivity index (χ3n) is 2.67. The number of amides is 1. The molecule has 6 heteroatoms. The maximum Gasteiger partial charge on any atom is 0.240 e. The van der Waals surface area contributed by atoms with Crippen LogP contribution in [0.4, 0.5) is 5.69 Å². The second-order valence-electron chi connectivity index (χ2n) is 5.67. The lowest BCUT2D eigenvalue weighted by Gasteiger charge is -2.21. The van der Waals surface area contributed by atoms with Crippen molar-refractivity contribution in [2.45, 2.75) is 32.9 Å². The van der Waals surface area contributed by atoms with Crippen LogP contribution in [0, 0.1) is 0 Å². The van der Waals surface area contributed by atoms with E-state index in [2.05, 4.69) is 15.3 Å². The molecule has 0 saturated heterocycles. The van der Waals surface area contributed by atoms with Gasteiger partial charge in [0.25, 0.3) is 0 Å². The number of hydrogen-bond donors (Lipinski definition) is 2. The molecule has 2 heterocycles. The van der Waals surface area contributed by atoms with E-state index < -0.39 is 0 Å². The Hall–Kier alpha value is -2.37. The molecule has 106 valence electrons. The van der Waals surface area contributed by atoms with Crippen LogP contribution in [0.3, 0.4) is 0 Å². The molecule has 0 aromatic carbocycles. The van der Waals surface area contributed by atoms with Crippen LogP contribution in [0.1, 0.15) is 20.8 Å². The van der Waals surface area contributed by atoms with E-state index in [1.807, 2.05) is 20.8 Å². The summed E-state index contributed by atoms with van der Waals surface area (Å²) >= 11 is 0. The van der Waals surface area contributed by atoms with E-state index >= 15 is 0 Å². The molecule has 2 aromatic heterocycles.